The van der Waals surface area contributed by atoms with Gasteiger partial charge in [0.15, 0.2) is 5.82 Å². The van der Waals surface area contributed by atoms with Gasteiger partial charge in [0.1, 0.15) is 11.8 Å². The SMILES string of the molecule is CCCCOc1ccc(C(=O)N2CCCC2c2nc(C3CC3)no2)cc1. The number of aromatic nitrogens is 2. The molecule has 1 unspecified atom stereocenters. The number of hydrogen-bond acceptors (Lipinski definition) is 5. The number of nitrogens with zero attached hydrogens (tertiary/aromatic N) is 3. The van der Waals surface area contributed by atoms with Crippen molar-refractivity contribution in [2.75, 3.05) is 13.2 Å². The Hall–Kier alpha value is -2.37. The minimum absolute atomic E-state index is 0.0128. The first-order chi connectivity index (χ1) is 12.8. The van der Waals surface area contributed by atoms with E-state index in [2.05, 4.69) is 17.1 Å². The number of rotatable bonds is 7. The molecule has 2 aliphatic rings. The molecule has 4 rings (SSSR count). The maximum absolute atomic E-state index is 13.0. The topological polar surface area (TPSA) is 68.5 Å². The van der Waals surface area contributed by atoms with Crippen molar-refractivity contribution in [3.8, 4) is 5.75 Å². The zero-order valence-electron chi connectivity index (χ0n) is 15.2. The van der Waals surface area contributed by atoms with E-state index < -0.39 is 0 Å². The molecule has 1 saturated carbocycles. The van der Waals surface area contributed by atoms with Crippen molar-refractivity contribution in [2.24, 2.45) is 0 Å². The lowest BCUT2D eigenvalue weighted by Gasteiger charge is -2.22. The highest BCUT2D eigenvalue weighted by molar-refractivity contribution is 5.94. The standard InChI is InChI=1S/C20H25N3O3/c1-2-3-13-25-16-10-8-15(9-11-16)20(24)23-12-4-5-17(23)19-21-18(22-26-19)14-6-7-14/h8-11,14,17H,2-7,12-13H2,1H3. The minimum atomic E-state index is -0.108. The van der Waals surface area contributed by atoms with Crippen molar-refractivity contribution in [3.05, 3.63) is 41.5 Å². The van der Waals surface area contributed by atoms with Crippen LogP contribution in [0.5, 0.6) is 5.75 Å². The Labute approximate surface area is 153 Å². The van der Waals surface area contributed by atoms with Gasteiger partial charge >= 0.3 is 0 Å². The summed E-state index contributed by atoms with van der Waals surface area (Å²) in [5.74, 6) is 2.65. The minimum Gasteiger partial charge on any atom is -0.494 e. The Balaban J connectivity index is 1.44. The summed E-state index contributed by atoms with van der Waals surface area (Å²) in [7, 11) is 0. The van der Waals surface area contributed by atoms with E-state index in [4.69, 9.17) is 9.26 Å². The third-order valence-electron chi connectivity index (χ3n) is 5.07. The summed E-state index contributed by atoms with van der Waals surface area (Å²) in [6, 6.07) is 7.30. The highest BCUT2D eigenvalue weighted by atomic mass is 16.5. The molecule has 138 valence electrons. The predicted octanol–water partition coefficient (Wildman–Crippen LogP) is 4.10. The molecule has 6 heteroatoms. The zero-order valence-corrected chi connectivity index (χ0v) is 15.2. The van der Waals surface area contributed by atoms with E-state index in [1.807, 2.05) is 29.2 Å². The third kappa shape index (κ3) is 3.59. The Bertz CT molecular complexity index is 752. The number of amides is 1. The Morgan fingerprint density at radius 3 is 2.81 bits per heavy atom. The van der Waals surface area contributed by atoms with Crippen molar-refractivity contribution < 1.29 is 14.1 Å². The van der Waals surface area contributed by atoms with Crippen LogP contribution < -0.4 is 4.74 Å². The third-order valence-corrected chi connectivity index (χ3v) is 5.07. The van der Waals surface area contributed by atoms with E-state index >= 15 is 0 Å². The largest absolute Gasteiger partial charge is 0.494 e. The van der Waals surface area contributed by atoms with Gasteiger partial charge in [-0.05, 0) is 56.4 Å². The molecule has 1 saturated heterocycles. The predicted molar refractivity (Wildman–Crippen MR) is 96.1 cm³/mol. The zero-order chi connectivity index (χ0) is 17.9. The van der Waals surface area contributed by atoms with Crippen LogP contribution in [0.3, 0.4) is 0 Å². The van der Waals surface area contributed by atoms with Crippen molar-refractivity contribution >= 4 is 5.91 Å². The first-order valence-corrected chi connectivity index (χ1v) is 9.63. The summed E-state index contributed by atoms with van der Waals surface area (Å²) in [4.78, 5) is 19.4. The van der Waals surface area contributed by atoms with Crippen LogP contribution in [0.1, 0.15) is 79.5 Å². The van der Waals surface area contributed by atoms with Gasteiger partial charge in [-0.3, -0.25) is 4.79 Å². The average Bonchev–Trinajstić information content (AvgIpc) is 3.20. The van der Waals surface area contributed by atoms with Crippen LogP contribution in [-0.2, 0) is 0 Å². The second-order valence-electron chi connectivity index (χ2n) is 7.15. The molecule has 0 radical (unpaired) electrons. The van der Waals surface area contributed by atoms with Gasteiger partial charge in [-0.25, -0.2) is 0 Å². The van der Waals surface area contributed by atoms with Gasteiger partial charge in [0.25, 0.3) is 5.91 Å². The Kier molecular flexibility index (Phi) is 4.91. The first-order valence-electron chi connectivity index (χ1n) is 9.63. The molecule has 0 N–H and O–H groups in total. The maximum Gasteiger partial charge on any atom is 0.254 e. The normalized spacial score (nSPS) is 19.7. The molecule has 1 atom stereocenters. The van der Waals surface area contributed by atoms with Gasteiger partial charge in [-0.2, -0.15) is 4.98 Å². The summed E-state index contributed by atoms with van der Waals surface area (Å²) < 4.78 is 11.1. The van der Waals surface area contributed by atoms with Gasteiger partial charge in [0.2, 0.25) is 5.89 Å². The monoisotopic (exact) mass is 355 g/mol. The van der Waals surface area contributed by atoms with E-state index in [-0.39, 0.29) is 11.9 Å². The van der Waals surface area contributed by atoms with Crippen LogP contribution >= 0.6 is 0 Å². The fraction of sp³-hybridized carbons (Fsp3) is 0.550. The average molecular weight is 355 g/mol. The molecule has 1 amide bonds. The second kappa shape index (κ2) is 7.48. The second-order valence-corrected chi connectivity index (χ2v) is 7.15. The van der Waals surface area contributed by atoms with E-state index in [0.717, 1.165) is 56.6 Å². The highest BCUT2D eigenvalue weighted by Gasteiger charge is 2.36. The van der Waals surface area contributed by atoms with Crippen LogP contribution in [-0.4, -0.2) is 34.1 Å². The summed E-state index contributed by atoms with van der Waals surface area (Å²) in [5.41, 5.74) is 0.668. The number of ether oxygens (including phenoxy) is 1. The lowest BCUT2D eigenvalue weighted by molar-refractivity contribution is 0.0710. The quantitative estimate of drug-likeness (QED) is 0.699. The number of carbonyl (C=O) groups excluding carboxylic acids is 1. The van der Waals surface area contributed by atoms with Crippen LogP contribution in [0.4, 0.5) is 0 Å². The Morgan fingerprint density at radius 2 is 2.08 bits per heavy atom. The Morgan fingerprint density at radius 1 is 1.27 bits per heavy atom. The van der Waals surface area contributed by atoms with Gasteiger partial charge < -0.3 is 14.2 Å². The van der Waals surface area contributed by atoms with Crippen LogP contribution in [0.15, 0.2) is 28.8 Å². The molecule has 2 fully saturated rings. The molecule has 1 aromatic carbocycles. The van der Waals surface area contributed by atoms with E-state index in [0.29, 0.717) is 24.0 Å². The van der Waals surface area contributed by atoms with Crippen molar-refractivity contribution in [1.82, 2.24) is 15.0 Å². The number of hydrogen-bond donors (Lipinski definition) is 0. The first kappa shape index (κ1) is 17.1. The lowest BCUT2D eigenvalue weighted by Crippen LogP contribution is -2.30. The molecular formula is C20H25N3O3. The molecule has 2 aromatic rings. The number of unbranched alkanes of at least 4 members (excludes halogenated alkanes) is 1. The number of carbonyl (C=O) groups is 1. The van der Waals surface area contributed by atoms with E-state index in [9.17, 15) is 4.79 Å². The summed E-state index contributed by atoms with van der Waals surface area (Å²) >= 11 is 0. The summed E-state index contributed by atoms with van der Waals surface area (Å²) in [6.45, 7) is 3.56. The molecule has 1 aliphatic heterocycles. The molecule has 1 aliphatic carbocycles. The number of benzene rings is 1. The van der Waals surface area contributed by atoms with Gasteiger partial charge in [0, 0.05) is 18.0 Å². The van der Waals surface area contributed by atoms with Gasteiger partial charge in [-0.1, -0.05) is 18.5 Å². The smallest absolute Gasteiger partial charge is 0.254 e. The van der Waals surface area contributed by atoms with Gasteiger partial charge in [-0.15, -0.1) is 0 Å². The molecule has 0 bridgehead atoms. The maximum atomic E-state index is 13.0. The molecule has 0 spiro atoms. The lowest BCUT2D eigenvalue weighted by atomic mass is 10.1. The highest BCUT2D eigenvalue weighted by Crippen LogP contribution is 2.40. The van der Waals surface area contributed by atoms with E-state index in [1.165, 1.54) is 0 Å². The number of likely N-dealkylation sites (tertiary alicyclic amines) is 1. The van der Waals surface area contributed by atoms with Crippen molar-refractivity contribution in [1.29, 1.82) is 0 Å². The molecule has 2 heterocycles. The molecular weight excluding hydrogens is 330 g/mol. The van der Waals surface area contributed by atoms with Gasteiger partial charge in [0.05, 0.1) is 6.61 Å². The molecule has 1 aromatic heterocycles. The summed E-state index contributed by atoms with van der Waals surface area (Å²) in [5, 5.41) is 4.10. The van der Waals surface area contributed by atoms with Crippen LogP contribution in [0.25, 0.3) is 0 Å². The fourth-order valence-electron chi connectivity index (χ4n) is 3.35. The molecule has 26 heavy (non-hydrogen) atoms. The van der Waals surface area contributed by atoms with Crippen molar-refractivity contribution in [3.63, 3.8) is 0 Å². The van der Waals surface area contributed by atoms with Crippen LogP contribution in [0.2, 0.25) is 0 Å². The molecule has 6 nitrogen and oxygen atoms in total. The van der Waals surface area contributed by atoms with E-state index in [1.54, 1.807) is 0 Å². The fourth-order valence-corrected chi connectivity index (χ4v) is 3.35. The summed E-state index contributed by atoms with van der Waals surface area (Å²) in [6.07, 6.45) is 6.23. The van der Waals surface area contributed by atoms with Crippen molar-refractivity contribution in [2.45, 2.75) is 57.4 Å². The van der Waals surface area contributed by atoms with Crippen LogP contribution in [0, 0.1) is 0 Å².